The lowest BCUT2D eigenvalue weighted by atomic mass is 10.1. The summed E-state index contributed by atoms with van der Waals surface area (Å²) in [5.74, 6) is 1.30. The third kappa shape index (κ3) is 3.79. The molecule has 0 saturated carbocycles. The number of carbonyl (C=O) groups excluding carboxylic acids is 1. The molecule has 0 bridgehead atoms. The molecule has 1 aliphatic heterocycles. The lowest BCUT2D eigenvalue weighted by Gasteiger charge is -2.35. The molecule has 0 aromatic carbocycles. The van der Waals surface area contributed by atoms with Gasteiger partial charge in [-0.1, -0.05) is 13.0 Å². The number of thiophene rings is 1. The summed E-state index contributed by atoms with van der Waals surface area (Å²) in [5, 5.41) is 14.5. The molecule has 0 unspecified atom stereocenters. The Morgan fingerprint density at radius 3 is 2.85 bits per heavy atom. The van der Waals surface area contributed by atoms with Gasteiger partial charge in [0.2, 0.25) is 5.82 Å². The molecule has 27 heavy (non-hydrogen) atoms. The third-order valence-electron chi connectivity index (χ3n) is 5.08. The number of aromatic nitrogens is 4. The second-order valence-electron chi connectivity index (χ2n) is 6.66. The van der Waals surface area contributed by atoms with E-state index < -0.39 is 0 Å². The molecule has 0 aliphatic carbocycles. The van der Waals surface area contributed by atoms with Crippen LogP contribution in [0.25, 0.3) is 0 Å². The molecule has 1 amide bonds. The van der Waals surface area contributed by atoms with Gasteiger partial charge in [0.1, 0.15) is 6.04 Å². The highest BCUT2D eigenvalue weighted by atomic mass is 32.1. The highest BCUT2D eigenvalue weighted by Crippen LogP contribution is 2.15. The molecule has 8 nitrogen and oxygen atoms in total. The summed E-state index contributed by atoms with van der Waals surface area (Å²) in [6.45, 7) is 6.03. The average molecular weight is 387 g/mol. The maximum absolute atomic E-state index is 12.5. The molecule has 9 heteroatoms. The number of hydrogen-bond acceptors (Lipinski definition) is 6. The van der Waals surface area contributed by atoms with E-state index in [0.717, 1.165) is 25.3 Å². The molecule has 1 atom stereocenters. The highest BCUT2D eigenvalue weighted by molar-refractivity contribution is 7.09. The van der Waals surface area contributed by atoms with E-state index >= 15 is 0 Å². The number of nitrogens with zero attached hydrogens (tertiary/aromatic N) is 5. The summed E-state index contributed by atoms with van der Waals surface area (Å²) in [5.41, 5.74) is 0. The summed E-state index contributed by atoms with van der Waals surface area (Å²) >= 11 is 1.71. The number of carbonyl (C=O) groups is 1. The van der Waals surface area contributed by atoms with Crippen LogP contribution in [-0.4, -0.2) is 57.2 Å². The fourth-order valence-electron chi connectivity index (χ4n) is 3.68. The van der Waals surface area contributed by atoms with Crippen LogP contribution in [-0.2, 0) is 6.54 Å². The molecular formula is C18H23N6O2S+. The Morgan fingerprint density at radius 2 is 2.19 bits per heavy atom. The van der Waals surface area contributed by atoms with Crippen LogP contribution in [0.2, 0.25) is 0 Å². The van der Waals surface area contributed by atoms with E-state index in [2.05, 4.69) is 33.9 Å². The van der Waals surface area contributed by atoms with Gasteiger partial charge < -0.3 is 14.2 Å². The fourth-order valence-corrected chi connectivity index (χ4v) is 4.37. The van der Waals surface area contributed by atoms with Gasteiger partial charge in [0, 0.05) is 11.3 Å². The Balaban J connectivity index is 1.42. The average Bonchev–Trinajstić information content (AvgIpc) is 3.46. The van der Waals surface area contributed by atoms with E-state index in [-0.39, 0.29) is 11.9 Å². The third-order valence-corrected chi connectivity index (χ3v) is 5.94. The summed E-state index contributed by atoms with van der Waals surface area (Å²) in [6.07, 6.45) is 2.49. The van der Waals surface area contributed by atoms with E-state index in [9.17, 15) is 4.79 Å². The number of hydrogen-bond donors (Lipinski definition) is 1. The van der Waals surface area contributed by atoms with Crippen LogP contribution in [0.4, 0.5) is 0 Å². The molecule has 1 saturated heterocycles. The van der Waals surface area contributed by atoms with Gasteiger partial charge in [0.15, 0.2) is 5.76 Å². The van der Waals surface area contributed by atoms with Crippen molar-refractivity contribution in [2.45, 2.75) is 25.9 Å². The van der Waals surface area contributed by atoms with Gasteiger partial charge in [0.25, 0.3) is 5.91 Å². The lowest BCUT2D eigenvalue weighted by Crippen LogP contribution is -3.15. The minimum atomic E-state index is -0.0328. The van der Waals surface area contributed by atoms with Crippen LogP contribution in [0, 0.1) is 0 Å². The van der Waals surface area contributed by atoms with E-state index in [1.165, 1.54) is 16.0 Å². The Kier molecular flexibility index (Phi) is 5.30. The molecule has 1 N–H and O–H groups in total. The lowest BCUT2D eigenvalue weighted by molar-refractivity contribution is -0.936. The summed E-state index contributed by atoms with van der Waals surface area (Å²) in [4.78, 5) is 17.0. The number of nitrogens with one attached hydrogen (secondary N) is 1. The molecule has 3 aromatic heterocycles. The predicted octanol–water partition coefficient (Wildman–Crippen LogP) is 0.868. The number of piperazine rings is 1. The standard InChI is InChI=1S/C18H22N6O2S/c1-2-15(17-19-20-21-24(17)13-14-5-4-12-27-14)22-7-9-23(10-8-22)18(25)16-6-3-11-26-16/h3-6,11-12,15H,2,7-10,13H2,1H3/p+1/t15-/m0/s1. The zero-order valence-electron chi connectivity index (χ0n) is 15.2. The van der Waals surface area contributed by atoms with Crippen molar-refractivity contribution in [3.8, 4) is 0 Å². The first-order valence-electron chi connectivity index (χ1n) is 9.22. The van der Waals surface area contributed by atoms with Crippen LogP contribution in [0.15, 0.2) is 40.3 Å². The first-order valence-corrected chi connectivity index (χ1v) is 10.1. The van der Waals surface area contributed by atoms with Crippen molar-refractivity contribution in [1.29, 1.82) is 0 Å². The Bertz CT molecular complexity index is 852. The maximum atomic E-state index is 12.5. The monoisotopic (exact) mass is 387 g/mol. The van der Waals surface area contributed by atoms with Crippen LogP contribution in [0.1, 0.15) is 40.6 Å². The second kappa shape index (κ2) is 8.01. The Morgan fingerprint density at radius 1 is 1.33 bits per heavy atom. The highest BCUT2D eigenvalue weighted by Gasteiger charge is 2.33. The topological polar surface area (TPSA) is 81.5 Å². The van der Waals surface area contributed by atoms with E-state index in [0.29, 0.717) is 25.4 Å². The van der Waals surface area contributed by atoms with Gasteiger partial charge in [-0.3, -0.25) is 4.79 Å². The van der Waals surface area contributed by atoms with E-state index in [1.807, 2.05) is 15.6 Å². The largest absolute Gasteiger partial charge is 0.459 e. The molecule has 1 aliphatic rings. The minimum absolute atomic E-state index is 0.0328. The van der Waals surface area contributed by atoms with Gasteiger partial charge in [-0.25, -0.2) is 4.68 Å². The van der Waals surface area contributed by atoms with Crippen molar-refractivity contribution in [2.75, 3.05) is 26.2 Å². The minimum Gasteiger partial charge on any atom is -0.459 e. The normalized spacial score (nSPS) is 16.6. The van der Waals surface area contributed by atoms with Crippen molar-refractivity contribution in [3.05, 3.63) is 52.4 Å². The van der Waals surface area contributed by atoms with Crippen LogP contribution < -0.4 is 4.90 Å². The second-order valence-corrected chi connectivity index (χ2v) is 7.69. The SMILES string of the molecule is CC[C@@H](c1nnnn1Cc1cccs1)[NH+]1CCN(C(=O)c2ccco2)CC1. The van der Waals surface area contributed by atoms with Gasteiger partial charge in [-0.2, -0.15) is 0 Å². The fraction of sp³-hybridized carbons (Fsp3) is 0.444. The summed E-state index contributed by atoms with van der Waals surface area (Å²) in [7, 11) is 0. The van der Waals surface area contributed by atoms with Crippen LogP contribution in [0.3, 0.4) is 0 Å². The van der Waals surface area contributed by atoms with Crippen LogP contribution in [0.5, 0.6) is 0 Å². The van der Waals surface area contributed by atoms with Crippen molar-refractivity contribution < 1.29 is 14.1 Å². The van der Waals surface area contributed by atoms with Crippen molar-refractivity contribution in [1.82, 2.24) is 25.1 Å². The Hall–Kier alpha value is -2.52. The molecular weight excluding hydrogens is 364 g/mol. The van der Waals surface area contributed by atoms with E-state index in [4.69, 9.17) is 4.42 Å². The van der Waals surface area contributed by atoms with Crippen molar-refractivity contribution in [3.63, 3.8) is 0 Å². The molecule has 1 fully saturated rings. The molecule has 4 heterocycles. The maximum Gasteiger partial charge on any atom is 0.289 e. The van der Waals surface area contributed by atoms with Gasteiger partial charge in [-0.15, -0.1) is 16.4 Å². The number of rotatable bonds is 6. The first-order chi connectivity index (χ1) is 13.3. The zero-order chi connectivity index (χ0) is 18.6. The van der Waals surface area contributed by atoms with E-state index in [1.54, 1.807) is 23.5 Å². The molecule has 4 rings (SSSR count). The van der Waals surface area contributed by atoms with Gasteiger partial charge in [0.05, 0.1) is 39.0 Å². The zero-order valence-corrected chi connectivity index (χ0v) is 16.1. The number of amides is 1. The number of tetrazole rings is 1. The number of furan rings is 1. The summed E-state index contributed by atoms with van der Waals surface area (Å²) < 4.78 is 7.15. The quantitative estimate of drug-likeness (QED) is 0.679. The van der Waals surface area contributed by atoms with Crippen LogP contribution >= 0.6 is 11.3 Å². The molecule has 142 valence electrons. The van der Waals surface area contributed by atoms with Gasteiger partial charge >= 0.3 is 0 Å². The molecule has 3 aromatic rings. The smallest absolute Gasteiger partial charge is 0.289 e. The van der Waals surface area contributed by atoms with Crippen molar-refractivity contribution >= 4 is 17.2 Å². The summed E-state index contributed by atoms with van der Waals surface area (Å²) in [6, 6.07) is 7.83. The van der Waals surface area contributed by atoms with Gasteiger partial charge in [-0.05, 0) is 34.0 Å². The Labute approximate surface area is 161 Å². The van der Waals surface area contributed by atoms with Crippen molar-refractivity contribution in [2.24, 2.45) is 0 Å². The molecule has 0 spiro atoms. The first kappa shape index (κ1) is 17.9. The predicted molar refractivity (Wildman–Crippen MR) is 99.6 cm³/mol. The molecule has 0 radical (unpaired) electrons. The number of quaternary nitrogens is 1.